The number of carbonyl (C=O) groups is 1. The van der Waals surface area contributed by atoms with Crippen molar-refractivity contribution in [1.82, 2.24) is 20.3 Å². The highest BCUT2D eigenvalue weighted by Crippen LogP contribution is 2.17. The van der Waals surface area contributed by atoms with E-state index in [1.165, 1.54) is 16.9 Å². The average molecular weight is 340 g/mol. The van der Waals surface area contributed by atoms with E-state index in [1.807, 2.05) is 0 Å². The average Bonchev–Trinajstić information content (AvgIpc) is 3.12. The Hall–Kier alpha value is -3.22. The highest BCUT2D eigenvalue weighted by molar-refractivity contribution is 5.92. The van der Waals surface area contributed by atoms with Crippen molar-refractivity contribution in [2.24, 2.45) is 0 Å². The van der Waals surface area contributed by atoms with E-state index in [0.29, 0.717) is 5.56 Å². The minimum absolute atomic E-state index is 0.152. The summed E-state index contributed by atoms with van der Waals surface area (Å²) in [5, 5.41) is 10.6. The molecule has 0 saturated heterocycles. The van der Waals surface area contributed by atoms with Crippen molar-refractivity contribution < 1.29 is 13.9 Å². The van der Waals surface area contributed by atoms with Gasteiger partial charge in [0.1, 0.15) is 11.6 Å². The standard InChI is InChI=1S/C18H17FN4O2/c1-12(15-5-3-4-6-16(15)19)20-18(24)17-11-23(22-21-17)13-7-9-14(25-2)10-8-13/h3-12H,1-2H3,(H,20,24)/t12-/m0/s1. The lowest BCUT2D eigenvalue weighted by atomic mass is 10.1. The summed E-state index contributed by atoms with van der Waals surface area (Å²) in [5.41, 5.74) is 1.31. The summed E-state index contributed by atoms with van der Waals surface area (Å²) in [4.78, 5) is 12.3. The lowest BCUT2D eigenvalue weighted by molar-refractivity contribution is 0.0934. The Morgan fingerprint density at radius 1 is 1.20 bits per heavy atom. The third-order valence-corrected chi connectivity index (χ3v) is 3.78. The summed E-state index contributed by atoms with van der Waals surface area (Å²) in [6.07, 6.45) is 1.52. The molecule has 3 aromatic rings. The molecule has 0 aliphatic heterocycles. The van der Waals surface area contributed by atoms with Crippen LogP contribution in [0.15, 0.2) is 54.7 Å². The van der Waals surface area contributed by atoms with E-state index >= 15 is 0 Å². The van der Waals surface area contributed by atoms with Gasteiger partial charge in [0.2, 0.25) is 0 Å². The molecule has 0 fully saturated rings. The highest BCUT2D eigenvalue weighted by Gasteiger charge is 2.17. The van der Waals surface area contributed by atoms with Gasteiger partial charge in [-0.2, -0.15) is 0 Å². The van der Waals surface area contributed by atoms with Crippen molar-refractivity contribution in [2.45, 2.75) is 13.0 Å². The number of aromatic nitrogens is 3. The van der Waals surface area contributed by atoms with E-state index in [1.54, 1.807) is 56.5 Å². The van der Waals surface area contributed by atoms with E-state index in [9.17, 15) is 9.18 Å². The topological polar surface area (TPSA) is 69.0 Å². The Bertz CT molecular complexity index is 877. The molecule has 1 atom stereocenters. The Balaban J connectivity index is 1.73. The molecule has 6 nitrogen and oxygen atoms in total. The number of amides is 1. The number of methoxy groups -OCH3 is 1. The Kier molecular flexibility index (Phi) is 4.74. The van der Waals surface area contributed by atoms with Gasteiger partial charge in [0.25, 0.3) is 5.91 Å². The van der Waals surface area contributed by atoms with E-state index in [2.05, 4.69) is 15.6 Å². The van der Waals surface area contributed by atoms with Crippen LogP contribution in [0.1, 0.15) is 29.0 Å². The predicted octanol–water partition coefficient (Wildman–Crippen LogP) is 2.91. The molecule has 0 unspecified atom stereocenters. The van der Waals surface area contributed by atoms with Gasteiger partial charge in [0.05, 0.1) is 25.0 Å². The van der Waals surface area contributed by atoms with Gasteiger partial charge in [0.15, 0.2) is 5.69 Å². The number of halogens is 1. The summed E-state index contributed by atoms with van der Waals surface area (Å²) in [6.45, 7) is 1.71. The molecule has 0 aliphatic carbocycles. The first-order valence-corrected chi connectivity index (χ1v) is 7.70. The highest BCUT2D eigenvalue weighted by atomic mass is 19.1. The zero-order valence-electron chi connectivity index (χ0n) is 13.8. The zero-order valence-corrected chi connectivity index (χ0v) is 13.8. The van der Waals surface area contributed by atoms with E-state index in [0.717, 1.165) is 11.4 Å². The van der Waals surface area contributed by atoms with Crippen molar-refractivity contribution in [2.75, 3.05) is 7.11 Å². The number of hydrogen-bond donors (Lipinski definition) is 1. The Morgan fingerprint density at radius 2 is 1.92 bits per heavy atom. The fourth-order valence-electron chi connectivity index (χ4n) is 2.40. The number of hydrogen-bond acceptors (Lipinski definition) is 4. The first-order chi connectivity index (χ1) is 12.1. The summed E-state index contributed by atoms with van der Waals surface area (Å²) < 4.78 is 20.4. The molecule has 1 aromatic heterocycles. The maximum absolute atomic E-state index is 13.8. The van der Waals surface area contributed by atoms with E-state index in [-0.39, 0.29) is 11.5 Å². The van der Waals surface area contributed by atoms with E-state index < -0.39 is 11.9 Å². The second kappa shape index (κ2) is 7.12. The van der Waals surface area contributed by atoms with Gasteiger partial charge in [-0.3, -0.25) is 4.79 Å². The van der Waals surface area contributed by atoms with Crippen molar-refractivity contribution >= 4 is 5.91 Å². The van der Waals surface area contributed by atoms with Gasteiger partial charge in [-0.15, -0.1) is 5.10 Å². The van der Waals surface area contributed by atoms with Crippen molar-refractivity contribution in [3.05, 3.63) is 71.8 Å². The molecule has 3 rings (SSSR count). The minimum Gasteiger partial charge on any atom is -0.497 e. The molecule has 1 amide bonds. The quantitative estimate of drug-likeness (QED) is 0.775. The summed E-state index contributed by atoms with van der Waals surface area (Å²) in [7, 11) is 1.59. The maximum atomic E-state index is 13.8. The van der Waals surface area contributed by atoms with Crippen LogP contribution in [0.5, 0.6) is 5.75 Å². The molecule has 0 bridgehead atoms. The summed E-state index contributed by atoms with van der Waals surface area (Å²) in [5.74, 6) is -0.0618. The molecule has 0 radical (unpaired) electrons. The first kappa shape index (κ1) is 16.6. The molecule has 25 heavy (non-hydrogen) atoms. The van der Waals surface area contributed by atoms with Crippen molar-refractivity contribution in [3.8, 4) is 11.4 Å². The van der Waals surface area contributed by atoms with Crippen LogP contribution in [-0.2, 0) is 0 Å². The molecule has 7 heteroatoms. The molecule has 0 saturated carbocycles. The molecular weight excluding hydrogens is 323 g/mol. The molecule has 1 heterocycles. The minimum atomic E-state index is -0.486. The normalized spacial score (nSPS) is 11.8. The SMILES string of the molecule is COc1ccc(-n2cc(C(=O)N[C@@H](C)c3ccccc3F)nn2)cc1. The molecular formula is C18H17FN4O2. The number of nitrogens with zero attached hydrogens (tertiary/aromatic N) is 3. The number of nitrogens with one attached hydrogen (secondary N) is 1. The van der Waals surface area contributed by atoms with Crippen molar-refractivity contribution in [3.63, 3.8) is 0 Å². The summed E-state index contributed by atoms with van der Waals surface area (Å²) in [6, 6.07) is 13.0. The van der Waals surface area contributed by atoms with Crippen LogP contribution in [0.25, 0.3) is 5.69 Å². The van der Waals surface area contributed by atoms with Crippen LogP contribution in [0.3, 0.4) is 0 Å². The smallest absolute Gasteiger partial charge is 0.273 e. The fourth-order valence-corrected chi connectivity index (χ4v) is 2.40. The largest absolute Gasteiger partial charge is 0.497 e. The van der Waals surface area contributed by atoms with Gasteiger partial charge in [0, 0.05) is 5.56 Å². The van der Waals surface area contributed by atoms with Gasteiger partial charge >= 0.3 is 0 Å². The van der Waals surface area contributed by atoms with Crippen LogP contribution in [0.4, 0.5) is 4.39 Å². The molecule has 2 aromatic carbocycles. The van der Waals surface area contributed by atoms with Gasteiger partial charge in [-0.05, 0) is 37.3 Å². The number of benzene rings is 2. The van der Waals surface area contributed by atoms with Crippen molar-refractivity contribution in [1.29, 1.82) is 0 Å². The summed E-state index contributed by atoms with van der Waals surface area (Å²) >= 11 is 0. The Labute approximate surface area is 144 Å². The molecule has 0 spiro atoms. The third kappa shape index (κ3) is 3.65. The predicted molar refractivity (Wildman–Crippen MR) is 90.2 cm³/mol. The number of rotatable bonds is 5. The van der Waals surface area contributed by atoms with Gasteiger partial charge in [-0.1, -0.05) is 23.4 Å². The molecule has 128 valence electrons. The molecule has 0 aliphatic rings. The lowest BCUT2D eigenvalue weighted by Crippen LogP contribution is -2.27. The van der Waals surface area contributed by atoms with Crippen LogP contribution in [0, 0.1) is 5.82 Å². The maximum Gasteiger partial charge on any atom is 0.273 e. The lowest BCUT2D eigenvalue weighted by Gasteiger charge is -2.13. The van der Waals surface area contributed by atoms with Gasteiger partial charge in [-0.25, -0.2) is 9.07 Å². The second-order valence-corrected chi connectivity index (χ2v) is 5.46. The zero-order chi connectivity index (χ0) is 17.8. The monoisotopic (exact) mass is 340 g/mol. The van der Waals surface area contributed by atoms with Gasteiger partial charge < -0.3 is 10.1 Å². The van der Waals surface area contributed by atoms with Crippen LogP contribution >= 0.6 is 0 Å². The van der Waals surface area contributed by atoms with Crippen LogP contribution < -0.4 is 10.1 Å². The van der Waals surface area contributed by atoms with Crippen LogP contribution in [0.2, 0.25) is 0 Å². The third-order valence-electron chi connectivity index (χ3n) is 3.78. The first-order valence-electron chi connectivity index (χ1n) is 7.70. The molecule has 1 N–H and O–H groups in total. The number of ether oxygens (including phenoxy) is 1. The fraction of sp³-hybridized carbons (Fsp3) is 0.167. The second-order valence-electron chi connectivity index (χ2n) is 5.46. The van der Waals surface area contributed by atoms with Crippen LogP contribution in [-0.4, -0.2) is 28.0 Å². The van der Waals surface area contributed by atoms with E-state index in [4.69, 9.17) is 4.74 Å². The number of carbonyl (C=O) groups excluding carboxylic acids is 1. The Morgan fingerprint density at radius 3 is 2.60 bits per heavy atom.